The Hall–Kier alpha value is -1.71. The lowest BCUT2D eigenvalue weighted by Gasteiger charge is -2.11. The van der Waals surface area contributed by atoms with E-state index in [-0.39, 0.29) is 29.8 Å². The van der Waals surface area contributed by atoms with Gasteiger partial charge in [-0.3, -0.25) is 4.99 Å². The number of nitrogens with zero attached hydrogens (tertiary/aromatic N) is 3. The van der Waals surface area contributed by atoms with Crippen molar-refractivity contribution in [1.82, 2.24) is 20.8 Å². The first-order valence-corrected chi connectivity index (χ1v) is 7.15. The van der Waals surface area contributed by atoms with Crippen LogP contribution in [-0.2, 0) is 13.0 Å². The topological polar surface area (TPSA) is 75.3 Å². The number of nitrogens with one attached hydrogen (secondary N) is 2. The van der Waals surface area contributed by atoms with Gasteiger partial charge in [-0.15, -0.1) is 24.0 Å². The fourth-order valence-corrected chi connectivity index (χ4v) is 1.94. The van der Waals surface area contributed by atoms with E-state index in [0.717, 1.165) is 18.5 Å². The third kappa shape index (κ3) is 6.93. The number of aryl methyl sites for hydroxylation is 2. The standard InChI is InChI=1S/C15H20FN5O.HI/c1-11-20-14(22-21-11)7-4-8-18-15(17-2)19-10-12-5-3-6-13(16)9-12;/h3,5-6,9H,4,7-8,10H2,1-2H3,(H2,17,18,19);1H. The van der Waals surface area contributed by atoms with E-state index in [1.807, 2.05) is 6.07 Å². The number of benzene rings is 1. The molecule has 0 aliphatic carbocycles. The summed E-state index contributed by atoms with van der Waals surface area (Å²) in [6.07, 6.45) is 1.57. The van der Waals surface area contributed by atoms with Gasteiger partial charge in [0, 0.05) is 26.6 Å². The molecule has 2 N–H and O–H groups in total. The molecule has 23 heavy (non-hydrogen) atoms. The van der Waals surface area contributed by atoms with Crippen LogP contribution in [-0.4, -0.2) is 29.7 Å². The van der Waals surface area contributed by atoms with E-state index in [1.54, 1.807) is 20.0 Å². The molecule has 2 aromatic rings. The summed E-state index contributed by atoms with van der Waals surface area (Å²) >= 11 is 0. The summed E-state index contributed by atoms with van der Waals surface area (Å²) in [7, 11) is 1.70. The van der Waals surface area contributed by atoms with Crippen LogP contribution in [0.2, 0.25) is 0 Å². The van der Waals surface area contributed by atoms with Gasteiger partial charge in [0.05, 0.1) is 0 Å². The number of halogens is 2. The lowest BCUT2D eigenvalue weighted by molar-refractivity contribution is 0.372. The monoisotopic (exact) mass is 433 g/mol. The van der Waals surface area contributed by atoms with E-state index in [2.05, 4.69) is 25.8 Å². The lowest BCUT2D eigenvalue weighted by Crippen LogP contribution is -2.37. The summed E-state index contributed by atoms with van der Waals surface area (Å²) in [6, 6.07) is 6.48. The first kappa shape index (κ1) is 19.3. The van der Waals surface area contributed by atoms with E-state index in [0.29, 0.717) is 30.6 Å². The zero-order valence-corrected chi connectivity index (χ0v) is 15.5. The molecule has 0 atom stereocenters. The average molecular weight is 433 g/mol. The fourth-order valence-electron chi connectivity index (χ4n) is 1.94. The number of hydrogen-bond donors (Lipinski definition) is 2. The Balaban J connectivity index is 0.00000264. The first-order chi connectivity index (χ1) is 10.7. The predicted octanol–water partition coefficient (Wildman–Crippen LogP) is 2.43. The van der Waals surface area contributed by atoms with Gasteiger partial charge in [0.15, 0.2) is 11.8 Å². The summed E-state index contributed by atoms with van der Waals surface area (Å²) in [6.45, 7) is 3.04. The van der Waals surface area contributed by atoms with E-state index in [1.165, 1.54) is 12.1 Å². The van der Waals surface area contributed by atoms with Crippen molar-refractivity contribution in [1.29, 1.82) is 0 Å². The number of rotatable bonds is 6. The molecule has 0 saturated carbocycles. The summed E-state index contributed by atoms with van der Waals surface area (Å²) in [5, 5.41) is 10.1. The van der Waals surface area contributed by atoms with Gasteiger partial charge in [-0.2, -0.15) is 4.98 Å². The number of aliphatic imine (C=N–C) groups is 1. The Morgan fingerprint density at radius 3 is 2.83 bits per heavy atom. The van der Waals surface area contributed by atoms with Crippen LogP contribution in [0.15, 0.2) is 33.8 Å². The molecule has 0 fully saturated rings. The van der Waals surface area contributed by atoms with Gasteiger partial charge in [-0.1, -0.05) is 17.3 Å². The van der Waals surface area contributed by atoms with Crippen LogP contribution in [0.1, 0.15) is 23.7 Å². The second-order valence-corrected chi connectivity index (χ2v) is 4.82. The number of aromatic nitrogens is 2. The molecule has 8 heteroatoms. The van der Waals surface area contributed by atoms with Crippen molar-refractivity contribution in [2.75, 3.05) is 13.6 Å². The molecule has 0 radical (unpaired) electrons. The predicted molar refractivity (Wildman–Crippen MR) is 97.4 cm³/mol. The summed E-state index contributed by atoms with van der Waals surface area (Å²) in [4.78, 5) is 8.27. The largest absolute Gasteiger partial charge is 0.356 e. The minimum atomic E-state index is -0.239. The third-order valence-corrected chi connectivity index (χ3v) is 3.00. The van der Waals surface area contributed by atoms with Gasteiger partial charge in [-0.25, -0.2) is 4.39 Å². The van der Waals surface area contributed by atoms with Crippen LogP contribution >= 0.6 is 24.0 Å². The van der Waals surface area contributed by atoms with Crippen molar-refractivity contribution in [3.05, 3.63) is 47.4 Å². The summed E-state index contributed by atoms with van der Waals surface area (Å²) in [5.41, 5.74) is 0.865. The molecule has 0 saturated heterocycles. The summed E-state index contributed by atoms with van der Waals surface area (Å²) < 4.78 is 18.1. The average Bonchev–Trinajstić information content (AvgIpc) is 2.92. The molecule has 126 valence electrons. The lowest BCUT2D eigenvalue weighted by atomic mass is 10.2. The second kappa shape index (κ2) is 10.1. The molecule has 0 amide bonds. The van der Waals surface area contributed by atoms with Gasteiger partial charge < -0.3 is 15.2 Å². The summed E-state index contributed by atoms with van der Waals surface area (Å²) in [5.74, 6) is 1.72. The zero-order chi connectivity index (χ0) is 15.8. The molecule has 0 aliphatic rings. The van der Waals surface area contributed by atoms with Crippen LogP contribution in [0.25, 0.3) is 0 Å². The van der Waals surface area contributed by atoms with Crippen molar-refractivity contribution < 1.29 is 8.91 Å². The fraction of sp³-hybridized carbons (Fsp3) is 0.400. The molecule has 0 bridgehead atoms. The van der Waals surface area contributed by atoms with Crippen molar-refractivity contribution in [2.24, 2.45) is 4.99 Å². The third-order valence-electron chi connectivity index (χ3n) is 3.00. The van der Waals surface area contributed by atoms with Gasteiger partial charge in [-0.05, 0) is 31.0 Å². The Kier molecular flexibility index (Phi) is 8.52. The van der Waals surface area contributed by atoms with Crippen molar-refractivity contribution in [2.45, 2.75) is 26.3 Å². The van der Waals surface area contributed by atoms with E-state index in [9.17, 15) is 4.39 Å². The highest BCUT2D eigenvalue weighted by atomic mass is 127. The molecule has 1 aromatic carbocycles. The maximum Gasteiger partial charge on any atom is 0.226 e. The van der Waals surface area contributed by atoms with Crippen LogP contribution in [0.5, 0.6) is 0 Å². The maximum absolute atomic E-state index is 13.1. The molecule has 6 nitrogen and oxygen atoms in total. The molecule has 0 unspecified atom stereocenters. The van der Waals surface area contributed by atoms with Crippen LogP contribution < -0.4 is 10.6 Å². The zero-order valence-electron chi connectivity index (χ0n) is 13.2. The Morgan fingerprint density at radius 1 is 1.35 bits per heavy atom. The minimum absolute atomic E-state index is 0. The van der Waals surface area contributed by atoms with Crippen LogP contribution in [0.3, 0.4) is 0 Å². The molecule has 1 aromatic heterocycles. The van der Waals surface area contributed by atoms with Gasteiger partial charge in [0.2, 0.25) is 5.89 Å². The number of hydrogen-bond acceptors (Lipinski definition) is 4. The highest BCUT2D eigenvalue weighted by molar-refractivity contribution is 14.0. The first-order valence-electron chi connectivity index (χ1n) is 7.15. The molecular formula is C15H21FIN5O. The normalized spacial score (nSPS) is 11.0. The second-order valence-electron chi connectivity index (χ2n) is 4.82. The van der Waals surface area contributed by atoms with Gasteiger partial charge in [0.25, 0.3) is 0 Å². The molecule has 2 rings (SSSR count). The Bertz CT molecular complexity index is 632. The maximum atomic E-state index is 13.1. The van der Waals surface area contributed by atoms with E-state index < -0.39 is 0 Å². The quantitative estimate of drug-likeness (QED) is 0.317. The Morgan fingerprint density at radius 2 is 2.17 bits per heavy atom. The molecule has 1 heterocycles. The highest BCUT2D eigenvalue weighted by Gasteiger charge is 2.03. The molecule has 0 spiro atoms. The van der Waals surface area contributed by atoms with Crippen molar-refractivity contribution >= 4 is 29.9 Å². The molecule has 0 aliphatic heterocycles. The smallest absolute Gasteiger partial charge is 0.226 e. The number of guanidine groups is 1. The van der Waals surface area contributed by atoms with E-state index >= 15 is 0 Å². The highest BCUT2D eigenvalue weighted by Crippen LogP contribution is 2.02. The van der Waals surface area contributed by atoms with Crippen LogP contribution in [0.4, 0.5) is 4.39 Å². The van der Waals surface area contributed by atoms with E-state index in [4.69, 9.17) is 4.52 Å². The van der Waals surface area contributed by atoms with Gasteiger partial charge >= 0.3 is 0 Å². The SMILES string of the molecule is CN=C(NCCCc1nc(C)no1)NCc1cccc(F)c1.I. The molecular weight excluding hydrogens is 412 g/mol. The minimum Gasteiger partial charge on any atom is -0.356 e. The van der Waals surface area contributed by atoms with Crippen molar-refractivity contribution in [3.8, 4) is 0 Å². The van der Waals surface area contributed by atoms with Crippen LogP contribution in [0, 0.1) is 12.7 Å². The van der Waals surface area contributed by atoms with Gasteiger partial charge in [0.1, 0.15) is 5.82 Å². The Labute approximate surface area is 152 Å². The van der Waals surface area contributed by atoms with Crippen molar-refractivity contribution in [3.63, 3.8) is 0 Å².